The SMILES string of the molecule is NC1=C(C=NC2(C(=O)Nc3ccc(C(F)(F)F)cc3Cl)CCC2)CN(C2CCNCC2)C1. The minimum atomic E-state index is -4.50. The molecule has 32 heavy (non-hydrogen) atoms. The molecular formula is C22H27ClF3N5O. The van der Waals surface area contributed by atoms with Crippen molar-refractivity contribution in [1.29, 1.82) is 0 Å². The Morgan fingerprint density at radius 3 is 2.59 bits per heavy atom. The van der Waals surface area contributed by atoms with Crippen LogP contribution in [0.1, 0.15) is 37.7 Å². The first-order valence-corrected chi connectivity index (χ1v) is 11.2. The molecule has 4 rings (SSSR count). The van der Waals surface area contributed by atoms with E-state index in [4.69, 9.17) is 17.3 Å². The van der Waals surface area contributed by atoms with E-state index in [2.05, 4.69) is 20.5 Å². The van der Waals surface area contributed by atoms with Crippen LogP contribution in [0.3, 0.4) is 0 Å². The number of anilines is 1. The molecule has 4 N–H and O–H groups in total. The number of alkyl halides is 3. The highest BCUT2D eigenvalue weighted by Gasteiger charge is 2.44. The molecule has 0 aromatic heterocycles. The van der Waals surface area contributed by atoms with E-state index in [1.165, 1.54) is 6.07 Å². The molecule has 174 valence electrons. The predicted molar refractivity (Wildman–Crippen MR) is 119 cm³/mol. The van der Waals surface area contributed by atoms with Crippen molar-refractivity contribution in [2.24, 2.45) is 10.7 Å². The maximum Gasteiger partial charge on any atom is 0.416 e. The molecule has 1 aromatic carbocycles. The summed E-state index contributed by atoms with van der Waals surface area (Å²) in [5.41, 5.74) is 6.29. The highest BCUT2D eigenvalue weighted by molar-refractivity contribution is 6.33. The smallest absolute Gasteiger partial charge is 0.401 e. The van der Waals surface area contributed by atoms with Crippen molar-refractivity contribution in [2.45, 2.75) is 49.9 Å². The maximum atomic E-state index is 13.0. The molecule has 6 nitrogen and oxygen atoms in total. The average molecular weight is 470 g/mol. The summed E-state index contributed by atoms with van der Waals surface area (Å²) in [5, 5.41) is 5.86. The monoisotopic (exact) mass is 469 g/mol. The van der Waals surface area contributed by atoms with E-state index in [0.717, 1.165) is 55.8 Å². The highest BCUT2D eigenvalue weighted by Crippen LogP contribution is 2.39. The molecule has 1 saturated heterocycles. The van der Waals surface area contributed by atoms with Gasteiger partial charge in [-0.3, -0.25) is 14.7 Å². The summed E-state index contributed by atoms with van der Waals surface area (Å²) in [7, 11) is 0. The van der Waals surface area contributed by atoms with Crippen molar-refractivity contribution >= 4 is 29.4 Å². The fourth-order valence-corrected chi connectivity index (χ4v) is 4.64. The van der Waals surface area contributed by atoms with Gasteiger partial charge in [-0.2, -0.15) is 13.2 Å². The Kier molecular flexibility index (Phi) is 6.51. The van der Waals surface area contributed by atoms with Crippen LogP contribution in [-0.2, 0) is 11.0 Å². The van der Waals surface area contributed by atoms with Crippen molar-refractivity contribution in [2.75, 3.05) is 31.5 Å². The van der Waals surface area contributed by atoms with Gasteiger partial charge in [0, 0.05) is 36.6 Å². The molecule has 0 unspecified atom stereocenters. The molecule has 1 aromatic rings. The highest BCUT2D eigenvalue weighted by atomic mass is 35.5. The molecular weight excluding hydrogens is 443 g/mol. The Hall–Kier alpha value is -2.10. The number of halogens is 4. The third-order valence-corrected chi connectivity index (χ3v) is 6.91. The number of aliphatic imine (C=N–C) groups is 1. The van der Waals surface area contributed by atoms with E-state index >= 15 is 0 Å². The topological polar surface area (TPSA) is 82.7 Å². The summed E-state index contributed by atoms with van der Waals surface area (Å²) in [6, 6.07) is 3.38. The van der Waals surface area contributed by atoms with Gasteiger partial charge >= 0.3 is 6.18 Å². The summed E-state index contributed by atoms with van der Waals surface area (Å²) in [6.07, 6.45) is 1.36. The van der Waals surface area contributed by atoms with E-state index in [1.807, 2.05) is 0 Å². The summed E-state index contributed by atoms with van der Waals surface area (Å²) in [5.74, 6) is -0.367. The van der Waals surface area contributed by atoms with E-state index < -0.39 is 17.3 Å². The summed E-state index contributed by atoms with van der Waals surface area (Å²) >= 11 is 5.99. The molecule has 1 amide bonds. The Morgan fingerprint density at radius 2 is 2.00 bits per heavy atom. The average Bonchev–Trinajstić information content (AvgIpc) is 3.09. The fourth-order valence-electron chi connectivity index (χ4n) is 4.41. The van der Waals surface area contributed by atoms with Crippen LogP contribution in [0.4, 0.5) is 18.9 Å². The van der Waals surface area contributed by atoms with Crippen molar-refractivity contribution in [3.8, 4) is 0 Å². The van der Waals surface area contributed by atoms with E-state index in [9.17, 15) is 18.0 Å². The maximum absolute atomic E-state index is 13.0. The van der Waals surface area contributed by atoms with Crippen molar-refractivity contribution < 1.29 is 18.0 Å². The second-order valence-corrected chi connectivity index (χ2v) is 9.13. The van der Waals surface area contributed by atoms with Crippen LogP contribution in [0.5, 0.6) is 0 Å². The lowest BCUT2D eigenvalue weighted by Gasteiger charge is -2.36. The lowest BCUT2D eigenvalue weighted by Crippen LogP contribution is -2.47. The van der Waals surface area contributed by atoms with Crippen molar-refractivity contribution in [3.63, 3.8) is 0 Å². The van der Waals surface area contributed by atoms with Gasteiger partial charge in [-0.15, -0.1) is 0 Å². The van der Waals surface area contributed by atoms with Gasteiger partial charge in [0.2, 0.25) is 0 Å². The first-order chi connectivity index (χ1) is 15.2. The molecule has 0 radical (unpaired) electrons. The molecule has 1 saturated carbocycles. The largest absolute Gasteiger partial charge is 0.416 e. The van der Waals surface area contributed by atoms with Crippen LogP contribution in [0.2, 0.25) is 5.02 Å². The standard InChI is InChI=1S/C22H27ClF3N5O/c23-17-10-15(22(24,25)26)2-3-19(17)30-20(32)21(6-1-7-21)29-11-14-12-31(13-18(14)27)16-4-8-28-9-5-16/h2-3,10-11,16,28H,1,4-9,12-13,27H2,(H,30,32). The molecule has 0 spiro atoms. The molecule has 3 aliphatic rings. The number of hydrogen-bond acceptors (Lipinski definition) is 5. The van der Waals surface area contributed by atoms with Gasteiger partial charge in [-0.05, 0) is 63.4 Å². The van der Waals surface area contributed by atoms with E-state index in [0.29, 0.717) is 32.0 Å². The van der Waals surface area contributed by atoms with Crippen molar-refractivity contribution in [3.05, 3.63) is 40.1 Å². The summed E-state index contributed by atoms with van der Waals surface area (Å²) in [6.45, 7) is 3.41. The number of hydrogen-bond donors (Lipinski definition) is 3. The molecule has 2 fully saturated rings. The third kappa shape index (κ3) is 4.79. The first-order valence-electron chi connectivity index (χ1n) is 10.8. The second-order valence-electron chi connectivity index (χ2n) is 8.73. The summed E-state index contributed by atoms with van der Waals surface area (Å²) < 4.78 is 38.6. The lowest BCUT2D eigenvalue weighted by molar-refractivity contribution is -0.137. The zero-order valence-electron chi connectivity index (χ0n) is 17.6. The quantitative estimate of drug-likeness (QED) is 0.576. The zero-order valence-corrected chi connectivity index (χ0v) is 18.4. The third-order valence-electron chi connectivity index (χ3n) is 6.60. The minimum absolute atomic E-state index is 0.142. The van der Waals surface area contributed by atoms with Crippen LogP contribution in [-0.4, -0.2) is 54.8 Å². The number of amides is 1. The Balaban J connectivity index is 1.43. The number of rotatable bonds is 5. The number of benzene rings is 1. The predicted octanol–water partition coefficient (Wildman–Crippen LogP) is 3.57. The Labute approximate surface area is 190 Å². The first kappa shape index (κ1) is 23.1. The van der Waals surface area contributed by atoms with Crippen LogP contribution in [0.25, 0.3) is 0 Å². The van der Waals surface area contributed by atoms with Crippen LogP contribution in [0.15, 0.2) is 34.5 Å². The van der Waals surface area contributed by atoms with E-state index in [1.54, 1.807) is 6.21 Å². The molecule has 2 aliphatic heterocycles. The number of carbonyl (C=O) groups excluding carboxylic acids is 1. The van der Waals surface area contributed by atoms with E-state index in [-0.39, 0.29) is 16.6 Å². The molecule has 0 bridgehead atoms. The van der Waals surface area contributed by atoms with Gasteiger partial charge in [0.1, 0.15) is 5.54 Å². The van der Waals surface area contributed by atoms with Gasteiger partial charge in [-0.1, -0.05) is 11.6 Å². The molecule has 10 heteroatoms. The number of nitrogens with two attached hydrogens (primary N) is 1. The second kappa shape index (κ2) is 9.03. The lowest BCUT2D eigenvalue weighted by atomic mass is 9.76. The van der Waals surface area contributed by atoms with Gasteiger partial charge in [0.05, 0.1) is 16.3 Å². The number of nitrogens with one attached hydrogen (secondary N) is 2. The molecule has 2 heterocycles. The Morgan fingerprint density at radius 1 is 1.28 bits per heavy atom. The Bertz CT molecular complexity index is 936. The van der Waals surface area contributed by atoms with Gasteiger partial charge < -0.3 is 16.4 Å². The van der Waals surface area contributed by atoms with Crippen LogP contribution in [0, 0.1) is 0 Å². The molecule has 0 atom stereocenters. The number of nitrogens with zero attached hydrogens (tertiary/aromatic N) is 2. The van der Waals surface area contributed by atoms with Gasteiger partial charge in [0.15, 0.2) is 0 Å². The van der Waals surface area contributed by atoms with Crippen molar-refractivity contribution in [1.82, 2.24) is 10.2 Å². The summed E-state index contributed by atoms with van der Waals surface area (Å²) in [4.78, 5) is 20.0. The van der Waals surface area contributed by atoms with Gasteiger partial charge in [0.25, 0.3) is 5.91 Å². The number of piperidine rings is 1. The fraction of sp³-hybridized carbons (Fsp3) is 0.545. The number of carbonyl (C=O) groups is 1. The molecule has 1 aliphatic carbocycles. The minimum Gasteiger partial charge on any atom is -0.401 e. The van der Waals surface area contributed by atoms with Crippen LogP contribution < -0.4 is 16.4 Å². The zero-order chi connectivity index (χ0) is 22.9. The van der Waals surface area contributed by atoms with Crippen LogP contribution >= 0.6 is 11.6 Å². The van der Waals surface area contributed by atoms with Gasteiger partial charge in [-0.25, -0.2) is 0 Å². The normalized spacial score (nSPS) is 22.4.